The lowest BCUT2D eigenvalue weighted by atomic mass is 10.1. The summed E-state index contributed by atoms with van der Waals surface area (Å²) < 4.78 is 5.40. The third-order valence-corrected chi connectivity index (χ3v) is 3.91. The Bertz CT molecular complexity index is 579. The van der Waals surface area contributed by atoms with Crippen molar-refractivity contribution in [1.82, 2.24) is 20.4 Å². The van der Waals surface area contributed by atoms with E-state index in [-0.39, 0.29) is 12.4 Å². The monoisotopic (exact) mass is 322 g/mol. The Balaban J connectivity index is 0.00000176. The normalized spacial score (nSPS) is 16.0. The largest absolute Gasteiger partial charge is 0.338 e. The molecule has 0 saturated carbocycles. The summed E-state index contributed by atoms with van der Waals surface area (Å²) in [4.78, 5) is 6.90. The van der Waals surface area contributed by atoms with E-state index in [4.69, 9.17) is 4.52 Å². The van der Waals surface area contributed by atoms with Crippen LogP contribution < -0.4 is 5.32 Å². The van der Waals surface area contributed by atoms with Gasteiger partial charge in [-0.1, -0.05) is 29.4 Å². The highest BCUT2D eigenvalue weighted by atomic mass is 35.5. The molecule has 0 unspecified atom stereocenters. The number of aromatic nitrogens is 2. The Hall–Kier alpha value is -1.43. The molecule has 0 aliphatic carbocycles. The van der Waals surface area contributed by atoms with Gasteiger partial charge < -0.3 is 9.84 Å². The zero-order valence-corrected chi connectivity index (χ0v) is 13.7. The van der Waals surface area contributed by atoms with E-state index < -0.39 is 0 Å². The molecule has 3 rings (SSSR count). The SMILES string of the molecule is Cc1ccccc1Cc1noc(CN2CCCNCC2)n1.Cl. The van der Waals surface area contributed by atoms with Crippen molar-refractivity contribution in [2.24, 2.45) is 0 Å². The van der Waals surface area contributed by atoms with Crippen LogP contribution in [-0.2, 0) is 13.0 Å². The molecule has 0 atom stereocenters. The molecule has 120 valence electrons. The average molecular weight is 323 g/mol. The van der Waals surface area contributed by atoms with Gasteiger partial charge in [-0.15, -0.1) is 12.4 Å². The molecule has 6 heteroatoms. The van der Waals surface area contributed by atoms with Gasteiger partial charge in [0.15, 0.2) is 5.82 Å². The maximum absolute atomic E-state index is 5.40. The highest BCUT2D eigenvalue weighted by Crippen LogP contribution is 2.12. The van der Waals surface area contributed by atoms with E-state index in [0.29, 0.717) is 0 Å². The van der Waals surface area contributed by atoms with E-state index in [1.54, 1.807) is 0 Å². The molecule has 22 heavy (non-hydrogen) atoms. The van der Waals surface area contributed by atoms with Gasteiger partial charge >= 0.3 is 0 Å². The van der Waals surface area contributed by atoms with Crippen LogP contribution in [0.15, 0.2) is 28.8 Å². The lowest BCUT2D eigenvalue weighted by Crippen LogP contribution is -2.27. The molecule has 5 nitrogen and oxygen atoms in total. The summed E-state index contributed by atoms with van der Waals surface area (Å²) in [6, 6.07) is 8.33. The van der Waals surface area contributed by atoms with Crippen molar-refractivity contribution >= 4 is 12.4 Å². The molecular weight excluding hydrogens is 300 g/mol. The number of nitrogens with zero attached hydrogens (tertiary/aromatic N) is 3. The lowest BCUT2D eigenvalue weighted by molar-refractivity contribution is 0.238. The van der Waals surface area contributed by atoms with Crippen molar-refractivity contribution in [2.45, 2.75) is 26.3 Å². The van der Waals surface area contributed by atoms with Crippen molar-refractivity contribution in [3.05, 3.63) is 47.1 Å². The van der Waals surface area contributed by atoms with Crippen LogP contribution in [0.2, 0.25) is 0 Å². The molecule has 1 aliphatic heterocycles. The summed E-state index contributed by atoms with van der Waals surface area (Å²) in [7, 11) is 0. The number of halogens is 1. The topological polar surface area (TPSA) is 54.2 Å². The summed E-state index contributed by atoms with van der Waals surface area (Å²) in [5.41, 5.74) is 2.52. The maximum atomic E-state index is 5.40. The first-order valence-corrected chi connectivity index (χ1v) is 7.60. The second-order valence-electron chi connectivity index (χ2n) is 5.59. The maximum Gasteiger partial charge on any atom is 0.240 e. The fourth-order valence-electron chi connectivity index (χ4n) is 2.66. The fraction of sp³-hybridized carbons (Fsp3) is 0.500. The van der Waals surface area contributed by atoms with Gasteiger partial charge in [-0.2, -0.15) is 4.98 Å². The third-order valence-electron chi connectivity index (χ3n) is 3.91. The van der Waals surface area contributed by atoms with E-state index in [1.807, 2.05) is 12.1 Å². The van der Waals surface area contributed by atoms with Crippen LogP contribution in [0.1, 0.15) is 29.3 Å². The van der Waals surface area contributed by atoms with E-state index in [2.05, 4.69) is 39.4 Å². The Morgan fingerprint density at radius 3 is 2.95 bits per heavy atom. The molecule has 1 aromatic carbocycles. The van der Waals surface area contributed by atoms with Crippen molar-refractivity contribution in [1.29, 1.82) is 0 Å². The molecule has 0 amide bonds. The first-order valence-electron chi connectivity index (χ1n) is 7.60. The smallest absolute Gasteiger partial charge is 0.240 e. The molecule has 1 aromatic heterocycles. The molecule has 1 fully saturated rings. The first kappa shape index (κ1) is 16.9. The van der Waals surface area contributed by atoms with Crippen LogP contribution in [0, 0.1) is 6.92 Å². The highest BCUT2D eigenvalue weighted by Gasteiger charge is 2.14. The third kappa shape index (κ3) is 4.53. The summed E-state index contributed by atoms with van der Waals surface area (Å²) in [6.45, 7) is 7.12. The zero-order chi connectivity index (χ0) is 14.5. The summed E-state index contributed by atoms with van der Waals surface area (Å²) in [5.74, 6) is 1.49. The van der Waals surface area contributed by atoms with Crippen LogP contribution in [0.4, 0.5) is 0 Å². The number of rotatable bonds is 4. The van der Waals surface area contributed by atoms with Crippen LogP contribution >= 0.6 is 12.4 Å². The van der Waals surface area contributed by atoms with Crippen molar-refractivity contribution in [3.8, 4) is 0 Å². The summed E-state index contributed by atoms with van der Waals surface area (Å²) in [5, 5.41) is 7.51. The van der Waals surface area contributed by atoms with Crippen LogP contribution in [0.25, 0.3) is 0 Å². The first-order chi connectivity index (χ1) is 10.3. The van der Waals surface area contributed by atoms with E-state index in [0.717, 1.165) is 50.9 Å². The predicted octanol–water partition coefficient (Wildman–Crippen LogP) is 2.19. The Labute approximate surface area is 137 Å². The Morgan fingerprint density at radius 1 is 1.23 bits per heavy atom. The standard InChI is InChI=1S/C16H22N4O.ClH/c1-13-5-2-3-6-14(13)11-15-18-16(21-19-15)12-20-9-4-7-17-8-10-20;/h2-3,5-6,17H,4,7-12H2,1H3;1H. The number of hydrogen-bond acceptors (Lipinski definition) is 5. The second kappa shape index (κ2) is 8.27. The van der Waals surface area contributed by atoms with Crippen molar-refractivity contribution in [3.63, 3.8) is 0 Å². The van der Waals surface area contributed by atoms with Gasteiger partial charge in [-0.05, 0) is 37.6 Å². The van der Waals surface area contributed by atoms with Gasteiger partial charge in [0, 0.05) is 19.5 Å². The molecule has 1 N–H and O–H groups in total. The Morgan fingerprint density at radius 2 is 2.09 bits per heavy atom. The minimum absolute atomic E-state index is 0. The molecular formula is C16H23ClN4O. The molecule has 2 heterocycles. The van der Waals surface area contributed by atoms with Gasteiger partial charge in [0.2, 0.25) is 5.89 Å². The van der Waals surface area contributed by atoms with Crippen LogP contribution in [0.3, 0.4) is 0 Å². The number of hydrogen-bond donors (Lipinski definition) is 1. The van der Waals surface area contributed by atoms with Crippen molar-refractivity contribution < 1.29 is 4.52 Å². The lowest BCUT2D eigenvalue weighted by Gasteiger charge is -2.16. The van der Waals surface area contributed by atoms with Crippen LogP contribution in [-0.4, -0.2) is 41.2 Å². The van der Waals surface area contributed by atoms with Gasteiger partial charge in [0.25, 0.3) is 0 Å². The molecule has 0 bridgehead atoms. The highest BCUT2D eigenvalue weighted by molar-refractivity contribution is 5.85. The summed E-state index contributed by atoms with van der Waals surface area (Å²) in [6.07, 6.45) is 1.90. The van der Waals surface area contributed by atoms with E-state index in [9.17, 15) is 0 Å². The average Bonchev–Trinajstić information content (AvgIpc) is 2.75. The van der Waals surface area contributed by atoms with Gasteiger partial charge in [0.1, 0.15) is 0 Å². The Kier molecular flexibility index (Phi) is 6.36. The number of aryl methyl sites for hydroxylation is 1. The van der Waals surface area contributed by atoms with Crippen LogP contribution in [0.5, 0.6) is 0 Å². The van der Waals surface area contributed by atoms with Gasteiger partial charge in [0.05, 0.1) is 6.54 Å². The molecule has 1 aliphatic rings. The van der Waals surface area contributed by atoms with E-state index in [1.165, 1.54) is 17.5 Å². The zero-order valence-electron chi connectivity index (χ0n) is 12.9. The quantitative estimate of drug-likeness (QED) is 0.935. The van der Waals surface area contributed by atoms with Gasteiger partial charge in [-0.25, -0.2) is 0 Å². The minimum atomic E-state index is 0. The molecule has 0 radical (unpaired) electrons. The van der Waals surface area contributed by atoms with Crippen molar-refractivity contribution in [2.75, 3.05) is 26.2 Å². The number of benzene rings is 1. The van der Waals surface area contributed by atoms with E-state index >= 15 is 0 Å². The molecule has 2 aromatic rings. The predicted molar refractivity (Wildman–Crippen MR) is 88.3 cm³/mol. The number of nitrogens with one attached hydrogen (secondary N) is 1. The summed E-state index contributed by atoms with van der Waals surface area (Å²) >= 11 is 0. The minimum Gasteiger partial charge on any atom is -0.338 e. The van der Waals surface area contributed by atoms with Gasteiger partial charge in [-0.3, -0.25) is 4.90 Å². The molecule has 0 spiro atoms. The second-order valence-corrected chi connectivity index (χ2v) is 5.59. The molecule has 1 saturated heterocycles. The fourth-order valence-corrected chi connectivity index (χ4v) is 2.66.